The molecule has 4 heteroatoms. The second kappa shape index (κ2) is 6.08. The highest BCUT2D eigenvalue weighted by molar-refractivity contribution is 6.35. The Morgan fingerprint density at radius 2 is 1.95 bits per heavy atom. The Morgan fingerprint density at radius 1 is 1.14 bits per heavy atom. The van der Waals surface area contributed by atoms with Crippen molar-refractivity contribution in [2.45, 2.75) is 19.8 Å². The molecule has 0 aliphatic rings. The van der Waals surface area contributed by atoms with Crippen LogP contribution in [0.4, 0.5) is 0 Å². The lowest BCUT2D eigenvalue weighted by Crippen LogP contribution is -2.02. The Bertz CT molecular complexity index is 778. The molecule has 0 saturated heterocycles. The van der Waals surface area contributed by atoms with E-state index in [2.05, 4.69) is 40.7 Å². The third-order valence-corrected chi connectivity index (χ3v) is 4.09. The number of benzene rings is 2. The van der Waals surface area contributed by atoms with E-state index in [4.69, 9.17) is 23.2 Å². The smallest absolute Gasteiger partial charge is 0.115 e. The molecule has 0 aliphatic carbocycles. The Kier molecular flexibility index (Phi) is 4.18. The number of halogens is 2. The van der Waals surface area contributed by atoms with Gasteiger partial charge in [0.25, 0.3) is 0 Å². The number of hydrogen-bond acceptors (Lipinski definition) is 1. The molecule has 1 aromatic heterocycles. The van der Waals surface area contributed by atoms with Crippen molar-refractivity contribution in [1.29, 1.82) is 0 Å². The number of nitrogens with zero attached hydrogens (tertiary/aromatic N) is 2. The first-order valence-electron chi connectivity index (χ1n) is 7.05. The number of alkyl halides is 1. The van der Waals surface area contributed by atoms with Crippen LogP contribution in [0.3, 0.4) is 0 Å². The van der Waals surface area contributed by atoms with Gasteiger partial charge in [-0.25, -0.2) is 4.98 Å². The van der Waals surface area contributed by atoms with Crippen LogP contribution in [-0.2, 0) is 12.8 Å². The van der Waals surface area contributed by atoms with E-state index in [1.807, 2.05) is 18.2 Å². The summed E-state index contributed by atoms with van der Waals surface area (Å²) in [6, 6.07) is 14.4. The lowest BCUT2D eigenvalue weighted by atomic mass is 10.1. The van der Waals surface area contributed by atoms with Gasteiger partial charge in [-0.15, -0.1) is 11.6 Å². The summed E-state index contributed by atoms with van der Waals surface area (Å²) in [6.07, 6.45) is 1.72. The Hall–Kier alpha value is -1.51. The molecule has 0 unspecified atom stereocenters. The molecular weight excluding hydrogens is 303 g/mol. The van der Waals surface area contributed by atoms with Crippen molar-refractivity contribution in [2.24, 2.45) is 0 Å². The molecule has 0 bridgehead atoms. The highest BCUT2D eigenvalue weighted by Crippen LogP contribution is 2.27. The van der Waals surface area contributed by atoms with Gasteiger partial charge in [-0.3, -0.25) is 4.57 Å². The van der Waals surface area contributed by atoms with Gasteiger partial charge in [0.2, 0.25) is 0 Å². The number of aryl methyl sites for hydroxylation is 2. The van der Waals surface area contributed by atoms with Crippen molar-refractivity contribution in [3.05, 3.63) is 58.9 Å². The molecule has 2 nitrogen and oxygen atoms in total. The molecule has 3 aromatic rings. The molecule has 0 N–H and O–H groups in total. The van der Waals surface area contributed by atoms with Crippen LogP contribution < -0.4 is 0 Å². The van der Waals surface area contributed by atoms with Crippen molar-refractivity contribution >= 4 is 34.2 Å². The molecule has 3 rings (SSSR count). The highest BCUT2D eigenvalue weighted by atomic mass is 35.5. The standard InChI is InChI=1S/C17H16Cl2N2/c1-2-12-5-3-6-13(11-12)21-15-8-4-7-14(19)17(15)20-16(21)9-10-18/h3-8,11H,2,9-10H2,1H3. The predicted molar refractivity (Wildman–Crippen MR) is 89.9 cm³/mol. The van der Waals surface area contributed by atoms with E-state index in [0.29, 0.717) is 17.3 Å². The van der Waals surface area contributed by atoms with Crippen LogP contribution in [0.5, 0.6) is 0 Å². The van der Waals surface area contributed by atoms with Gasteiger partial charge < -0.3 is 0 Å². The lowest BCUT2D eigenvalue weighted by molar-refractivity contribution is 0.910. The van der Waals surface area contributed by atoms with E-state index in [1.54, 1.807) is 0 Å². The maximum absolute atomic E-state index is 6.28. The molecule has 0 radical (unpaired) electrons. The van der Waals surface area contributed by atoms with E-state index in [0.717, 1.165) is 29.0 Å². The first-order valence-corrected chi connectivity index (χ1v) is 7.97. The van der Waals surface area contributed by atoms with Crippen LogP contribution in [0.1, 0.15) is 18.3 Å². The first kappa shape index (κ1) is 14.4. The molecule has 0 amide bonds. The number of rotatable bonds is 4. The van der Waals surface area contributed by atoms with Crippen molar-refractivity contribution < 1.29 is 0 Å². The van der Waals surface area contributed by atoms with Crippen LogP contribution in [0.15, 0.2) is 42.5 Å². The summed E-state index contributed by atoms with van der Waals surface area (Å²) >= 11 is 12.2. The maximum atomic E-state index is 6.28. The first-order chi connectivity index (χ1) is 10.2. The fraction of sp³-hybridized carbons (Fsp3) is 0.235. The normalized spacial score (nSPS) is 11.2. The second-order valence-corrected chi connectivity index (χ2v) is 5.72. The van der Waals surface area contributed by atoms with Gasteiger partial charge in [-0.1, -0.05) is 36.7 Å². The summed E-state index contributed by atoms with van der Waals surface area (Å²) in [6.45, 7) is 2.15. The van der Waals surface area contributed by atoms with Gasteiger partial charge in [0, 0.05) is 18.0 Å². The lowest BCUT2D eigenvalue weighted by Gasteiger charge is -2.10. The maximum Gasteiger partial charge on any atom is 0.115 e. The molecule has 0 fully saturated rings. The van der Waals surface area contributed by atoms with Crippen LogP contribution in [0, 0.1) is 0 Å². The molecule has 0 spiro atoms. The zero-order valence-electron chi connectivity index (χ0n) is 11.8. The average Bonchev–Trinajstić information content (AvgIpc) is 2.87. The van der Waals surface area contributed by atoms with E-state index < -0.39 is 0 Å². The van der Waals surface area contributed by atoms with Crippen molar-refractivity contribution in [2.75, 3.05) is 5.88 Å². The zero-order valence-corrected chi connectivity index (χ0v) is 13.3. The van der Waals surface area contributed by atoms with Crippen molar-refractivity contribution in [3.8, 4) is 5.69 Å². The Labute approximate surface area is 134 Å². The number of imidazole rings is 1. The summed E-state index contributed by atoms with van der Waals surface area (Å²) in [5, 5.41) is 0.675. The third kappa shape index (κ3) is 2.66. The Morgan fingerprint density at radius 3 is 2.71 bits per heavy atom. The van der Waals surface area contributed by atoms with E-state index >= 15 is 0 Å². The van der Waals surface area contributed by atoms with Crippen LogP contribution in [-0.4, -0.2) is 15.4 Å². The summed E-state index contributed by atoms with van der Waals surface area (Å²) in [5.74, 6) is 1.48. The highest BCUT2D eigenvalue weighted by Gasteiger charge is 2.14. The van der Waals surface area contributed by atoms with E-state index in [1.165, 1.54) is 5.56 Å². The van der Waals surface area contributed by atoms with Gasteiger partial charge in [-0.2, -0.15) is 0 Å². The van der Waals surface area contributed by atoms with Crippen LogP contribution in [0.2, 0.25) is 5.02 Å². The SMILES string of the molecule is CCc1cccc(-n2c(CCCl)nc3c(Cl)cccc32)c1. The van der Waals surface area contributed by atoms with Crippen LogP contribution in [0.25, 0.3) is 16.7 Å². The van der Waals surface area contributed by atoms with Gasteiger partial charge in [0.05, 0.1) is 10.5 Å². The fourth-order valence-electron chi connectivity index (χ4n) is 2.57. The third-order valence-electron chi connectivity index (χ3n) is 3.60. The molecule has 21 heavy (non-hydrogen) atoms. The summed E-state index contributed by atoms with van der Waals surface area (Å²) < 4.78 is 2.16. The van der Waals surface area contributed by atoms with Crippen molar-refractivity contribution in [1.82, 2.24) is 9.55 Å². The number of hydrogen-bond donors (Lipinski definition) is 0. The van der Waals surface area contributed by atoms with E-state index in [-0.39, 0.29) is 0 Å². The summed E-state index contributed by atoms with van der Waals surface area (Å²) in [7, 11) is 0. The van der Waals surface area contributed by atoms with E-state index in [9.17, 15) is 0 Å². The zero-order chi connectivity index (χ0) is 14.8. The monoisotopic (exact) mass is 318 g/mol. The predicted octanol–water partition coefficient (Wildman–Crippen LogP) is 5.02. The summed E-state index contributed by atoms with van der Waals surface area (Å²) in [5.41, 5.74) is 4.27. The van der Waals surface area contributed by atoms with Gasteiger partial charge in [-0.05, 0) is 36.2 Å². The van der Waals surface area contributed by atoms with Gasteiger partial charge in [0.1, 0.15) is 11.3 Å². The molecule has 0 saturated carbocycles. The average molecular weight is 319 g/mol. The minimum absolute atomic E-state index is 0.536. The number of para-hydroxylation sites is 1. The largest absolute Gasteiger partial charge is 0.296 e. The fourth-order valence-corrected chi connectivity index (χ4v) is 2.95. The number of fused-ring (bicyclic) bond motifs is 1. The van der Waals surface area contributed by atoms with Crippen LogP contribution >= 0.6 is 23.2 Å². The minimum Gasteiger partial charge on any atom is -0.296 e. The molecule has 2 aromatic carbocycles. The number of aromatic nitrogens is 2. The minimum atomic E-state index is 0.536. The van der Waals surface area contributed by atoms with Gasteiger partial charge >= 0.3 is 0 Å². The quantitative estimate of drug-likeness (QED) is 0.617. The topological polar surface area (TPSA) is 17.8 Å². The molecular formula is C17H16Cl2N2. The summed E-state index contributed by atoms with van der Waals surface area (Å²) in [4.78, 5) is 4.68. The molecule has 108 valence electrons. The Balaban J connectivity index is 2.28. The van der Waals surface area contributed by atoms with Crippen molar-refractivity contribution in [3.63, 3.8) is 0 Å². The van der Waals surface area contributed by atoms with Gasteiger partial charge in [0.15, 0.2) is 0 Å². The second-order valence-electron chi connectivity index (χ2n) is 4.93. The molecule has 1 heterocycles. The molecule has 0 atom stereocenters. The molecule has 0 aliphatic heterocycles.